The smallest absolute Gasteiger partial charge is 0.228 e. The van der Waals surface area contributed by atoms with Gasteiger partial charge in [-0.05, 0) is 43.3 Å². The van der Waals surface area contributed by atoms with Crippen molar-refractivity contribution >= 4 is 17.5 Å². The lowest BCUT2D eigenvalue weighted by Crippen LogP contribution is -2.37. The van der Waals surface area contributed by atoms with Crippen molar-refractivity contribution in [2.75, 3.05) is 43.1 Å². The normalized spacial score (nSPS) is 13.9. The van der Waals surface area contributed by atoms with Gasteiger partial charge in [-0.2, -0.15) is 4.98 Å². The van der Waals surface area contributed by atoms with E-state index >= 15 is 0 Å². The Balaban J connectivity index is 1.67. The van der Waals surface area contributed by atoms with Gasteiger partial charge in [0, 0.05) is 30.4 Å². The van der Waals surface area contributed by atoms with Crippen molar-refractivity contribution in [2.45, 2.75) is 6.92 Å². The predicted octanol–water partition coefficient (Wildman–Crippen LogP) is 3.83. The molecular formula is C22H24N4O3. The Kier molecular flexibility index (Phi) is 5.76. The third-order valence-corrected chi connectivity index (χ3v) is 4.59. The van der Waals surface area contributed by atoms with Crippen molar-refractivity contribution < 1.29 is 14.6 Å². The summed E-state index contributed by atoms with van der Waals surface area (Å²) in [5.41, 5.74) is 2.48. The number of phenols is 1. The summed E-state index contributed by atoms with van der Waals surface area (Å²) in [7, 11) is 0. The van der Waals surface area contributed by atoms with E-state index < -0.39 is 0 Å². The molecule has 1 saturated heterocycles. The van der Waals surface area contributed by atoms with E-state index in [1.165, 1.54) is 0 Å². The van der Waals surface area contributed by atoms with Gasteiger partial charge in [-0.25, -0.2) is 4.98 Å². The molecule has 2 aromatic carbocycles. The standard InChI is InChI=1S/C22H24N4O3/c1-2-29-19-8-6-17(7-9-19)23-21-15-20(16-4-3-5-18(27)14-16)24-22(25-21)26-10-12-28-13-11-26/h3-9,14-15,27H,2,10-13H2,1H3,(H,23,24,25). The maximum Gasteiger partial charge on any atom is 0.228 e. The highest BCUT2D eigenvalue weighted by Gasteiger charge is 2.16. The number of aromatic hydroxyl groups is 1. The van der Waals surface area contributed by atoms with E-state index in [-0.39, 0.29) is 5.75 Å². The summed E-state index contributed by atoms with van der Waals surface area (Å²) in [6, 6.07) is 16.7. The molecule has 0 atom stereocenters. The Labute approximate surface area is 169 Å². The van der Waals surface area contributed by atoms with Crippen LogP contribution in [0.1, 0.15) is 6.92 Å². The van der Waals surface area contributed by atoms with Gasteiger partial charge in [0.1, 0.15) is 17.3 Å². The fraction of sp³-hybridized carbons (Fsp3) is 0.273. The van der Waals surface area contributed by atoms with Gasteiger partial charge in [-0.1, -0.05) is 12.1 Å². The predicted molar refractivity (Wildman–Crippen MR) is 113 cm³/mol. The second-order valence-electron chi connectivity index (χ2n) is 6.67. The van der Waals surface area contributed by atoms with Crippen molar-refractivity contribution in [1.29, 1.82) is 0 Å². The van der Waals surface area contributed by atoms with Gasteiger partial charge in [0.25, 0.3) is 0 Å². The Hall–Kier alpha value is -3.32. The highest BCUT2D eigenvalue weighted by molar-refractivity contribution is 5.68. The lowest BCUT2D eigenvalue weighted by Gasteiger charge is -2.27. The van der Waals surface area contributed by atoms with Crippen molar-refractivity contribution in [3.05, 3.63) is 54.6 Å². The Morgan fingerprint density at radius 2 is 1.86 bits per heavy atom. The largest absolute Gasteiger partial charge is 0.508 e. The van der Waals surface area contributed by atoms with Gasteiger partial charge in [-0.3, -0.25) is 0 Å². The highest BCUT2D eigenvalue weighted by atomic mass is 16.5. The van der Waals surface area contributed by atoms with E-state index in [9.17, 15) is 5.11 Å². The summed E-state index contributed by atoms with van der Waals surface area (Å²) >= 11 is 0. The average Bonchev–Trinajstić information content (AvgIpc) is 2.76. The summed E-state index contributed by atoms with van der Waals surface area (Å²) in [6.45, 7) is 5.39. The van der Waals surface area contributed by atoms with Gasteiger partial charge >= 0.3 is 0 Å². The number of nitrogens with one attached hydrogen (secondary N) is 1. The Morgan fingerprint density at radius 1 is 1.07 bits per heavy atom. The third kappa shape index (κ3) is 4.75. The van der Waals surface area contributed by atoms with Gasteiger partial charge in [0.15, 0.2) is 0 Å². The van der Waals surface area contributed by atoms with Crippen LogP contribution in [0.2, 0.25) is 0 Å². The number of nitrogens with zero attached hydrogens (tertiary/aromatic N) is 3. The SMILES string of the molecule is CCOc1ccc(Nc2cc(-c3cccc(O)c3)nc(N3CCOCC3)n2)cc1. The van der Waals surface area contributed by atoms with Gasteiger partial charge in [0.2, 0.25) is 5.95 Å². The van der Waals surface area contributed by atoms with Crippen LogP contribution in [0, 0.1) is 0 Å². The third-order valence-electron chi connectivity index (χ3n) is 4.59. The van der Waals surface area contributed by atoms with Crippen LogP contribution in [0.4, 0.5) is 17.5 Å². The molecule has 2 N–H and O–H groups in total. The van der Waals surface area contributed by atoms with Crippen molar-refractivity contribution in [3.63, 3.8) is 0 Å². The van der Waals surface area contributed by atoms with E-state index in [0.29, 0.717) is 31.6 Å². The molecule has 29 heavy (non-hydrogen) atoms. The maximum atomic E-state index is 9.87. The molecule has 0 spiro atoms. The van der Waals surface area contributed by atoms with Crippen molar-refractivity contribution in [3.8, 4) is 22.8 Å². The second-order valence-corrected chi connectivity index (χ2v) is 6.67. The topological polar surface area (TPSA) is 79.7 Å². The molecule has 2 heterocycles. The molecule has 150 valence electrons. The molecule has 1 aliphatic rings. The second kappa shape index (κ2) is 8.79. The number of hydrogen-bond donors (Lipinski definition) is 2. The Morgan fingerprint density at radius 3 is 2.59 bits per heavy atom. The molecule has 7 nitrogen and oxygen atoms in total. The molecule has 0 radical (unpaired) electrons. The molecule has 4 rings (SSSR count). The zero-order chi connectivity index (χ0) is 20.1. The lowest BCUT2D eigenvalue weighted by molar-refractivity contribution is 0.122. The number of phenolic OH excluding ortho intramolecular Hbond substituents is 1. The van der Waals surface area contributed by atoms with E-state index in [4.69, 9.17) is 19.4 Å². The monoisotopic (exact) mass is 392 g/mol. The fourth-order valence-corrected chi connectivity index (χ4v) is 3.17. The number of morpholine rings is 1. The summed E-state index contributed by atoms with van der Waals surface area (Å²) in [6.07, 6.45) is 0. The lowest BCUT2D eigenvalue weighted by atomic mass is 10.1. The highest BCUT2D eigenvalue weighted by Crippen LogP contribution is 2.28. The molecule has 1 aromatic heterocycles. The van der Waals surface area contributed by atoms with Crippen LogP contribution in [-0.4, -0.2) is 48.0 Å². The molecule has 0 unspecified atom stereocenters. The van der Waals surface area contributed by atoms with Crippen LogP contribution >= 0.6 is 0 Å². The summed E-state index contributed by atoms with van der Waals surface area (Å²) in [5, 5.41) is 13.2. The number of anilines is 3. The molecule has 0 saturated carbocycles. The molecular weight excluding hydrogens is 368 g/mol. The van der Waals surface area contributed by atoms with Gasteiger partial charge in [0.05, 0.1) is 25.5 Å². The van der Waals surface area contributed by atoms with Gasteiger partial charge in [-0.15, -0.1) is 0 Å². The summed E-state index contributed by atoms with van der Waals surface area (Å²) in [4.78, 5) is 11.6. The zero-order valence-electron chi connectivity index (χ0n) is 16.3. The van der Waals surface area contributed by atoms with E-state index in [2.05, 4.69) is 10.2 Å². The van der Waals surface area contributed by atoms with Crippen LogP contribution in [0.25, 0.3) is 11.3 Å². The molecule has 0 bridgehead atoms. The first-order valence-electron chi connectivity index (χ1n) is 9.72. The quantitative estimate of drug-likeness (QED) is 0.660. The minimum Gasteiger partial charge on any atom is -0.508 e. The van der Waals surface area contributed by atoms with Crippen molar-refractivity contribution in [2.24, 2.45) is 0 Å². The maximum absolute atomic E-state index is 9.87. The first-order valence-corrected chi connectivity index (χ1v) is 9.72. The van der Waals surface area contributed by atoms with E-state index in [1.807, 2.05) is 43.3 Å². The fourth-order valence-electron chi connectivity index (χ4n) is 3.17. The van der Waals surface area contributed by atoms with Gasteiger partial charge < -0.3 is 24.8 Å². The summed E-state index contributed by atoms with van der Waals surface area (Å²) < 4.78 is 11.0. The zero-order valence-corrected chi connectivity index (χ0v) is 16.3. The molecule has 1 fully saturated rings. The summed E-state index contributed by atoms with van der Waals surface area (Å²) in [5.74, 6) is 2.36. The number of rotatable bonds is 6. The minimum atomic E-state index is 0.204. The first kappa shape index (κ1) is 19.0. The molecule has 7 heteroatoms. The molecule has 0 amide bonds. The van der Waals surface area contributed by atoms with E-state index in [0.717, 1.165) is 35.8 Å². The van der Waals surface area contributed by atoms with Crippen LogP contribution in [-0.2, 0) is 4.74 Å². The average molecular weight is 392 g/mol. The van der Waals surface area contributed by atoms with Crippen LogP contribution in [0.3, 0.4) is 0 Å². The number of benzene rings is 2. The van der Waals surface area contributed by atoms with Crippen molar-refractivity contribution in [1.82, 2.24) is 9.97 Å². The number of ether oxygens (including phenoxy) is 2. The molecule has 0 aliphatic carbocycles. The first-order chi connectivity index (χ1) is 14.2. The molecule has 1 aliphatic heterocycles. The van der Waals surface area contributed by atoms with E-state index in [1.54, 1.807) is 18.2 Å². The van der Waals surface area contributed by atoms with Crippen LogP contribution < -0.4 is 15.0 Å². The van der Waals surface area contributed by atoms with Crippen LogP contribution in [0.5, 0.6) is 11.5 Å². The molecule has 3 aromatic rings. The number of hydrogen-bond acceptors (Lipinski definition) is 7. The number of aromatic nitrogens is 2. The Bertz CT molecular complexity index is 957. The minimum absolute atomic E-state index is 0.204. The van der Waals surface area contributed by atoms with Crippen LogP contribution in [0.15, 0.2) is 54.6 Å².